The summed E-state index contributed by atoms with van der Waals surface area (Å²) in [5.41, 5.74) is 3.94. The first-order valence-electron chi connectivity index (χ1n) is 11.0. The number of carbonyl (C=O) groups is 1. The maximum Gasteiger partial charge on any atom is 0.261 e. The molecule has 1 N–H and O–H groups in total. The first-order chi connectivity index (χ1) is 16.0. The summed E-state index contributed by atoms with van der Waals surface area (Å²) in [6.45, 7) is 0.881. The van der Waals surface area contributed by atoms with Crippen molar-refractivity contribution in [3.05, 3.63) is 79.9 Å². The van der Waals surface area contributed by atoms with Crippen LogP contribution in [0.5, 0.6) is 0 Å². The second-order valence-electron chi connectivity index (χ2n) is 8.30. The highest BCUT2D eigenvalue weighted by Crippen LogP contribution is 2.33. The molecule has 0 spiro atoms. The van der Waals surface area contributed by atoms with Crippen molar-refractivity contribution in [2.75, 3.05) is 6.54 Å². The van der Waals surface area contributed by atoms with Gasteiger partial charge in [0, 0.05) is 34.8 Å². The molecule has 6 nitrogen and oxygen atoms in total. The second-order valence-corrected chi connectivity index (χ2v) is 9.12. The molecule has 1 amide bonds. The number of aromatic nitrogens is 3. The molecular weight excluding hydrogens is 459 g/mol. The van der Waals surface area contributed by atoms with Gasteiger partial charge in [-0.25, -0.2) is 4.98 Å². The van der Waals surface area contributed by atoms with Crippen molar-refractivity contribution in [1.29, 1.82) is 0 Å². The summed E-state index contributed by atoms with van der Waals surface area (Å²) in [7, 11) is 0. The Morgan fingerprint density at radius 2 is 1.85 bits per heavy atom. The number of pyridine rings is 1. The Kier molecular flexibility index (Phi) is 6.04. The monoisotopic (exact) mass is 480 g/mol. The number of halogens is 2. The number of amides is 1. The first-order valence-corrected chi connectivity index (χ1v) is 11.8. The molecule has 4 aromatic rings. The van der Waals surface area contributed by atoms with Gasteiger partial charge in [-0.2, -0.15) is 0 Å². The van der Waals surface area contributed by atoms with Gasteiger partial charge in [-0.15, -0.1) is 0 Å². The maximum absolute atomic E-state index is 12.7. The highest BCUT2D eigenvalue weighted by atomic mass is 35.5. The van der Waals surface area contributed by atoms with Crippen molar-refractivity contribution in [2.24, 2.45) is 0 Å². The summed E-state index contributed by atoms with van der Waals surface area (Å²) in [4.78, 5) is 34.4. The molecule has 0 saturated heterocycles. The third-order valence-electron chi connectivity index (χ3n) is 6.10. The van der Waals surface area contributed by atoms with E-state index in [-0.39, 0.29) is 11.5 Å². The van der Waals surface area contributed by atoms with Gasteiger partial charge in [0.1, 0.15) is 0 Å². The Hall–Kier alpha value is -2.96. The lowest BCUT2D eigenvalue weighted by atomic mass is 9.94. The number of rotatable bonds is 5. The smallest absolute Gasteiger partial charge is 0.261 e. The lowest BCUT2D eigenvalue weighted by Gasteiger charge is -2.18. The van der Waals surface area contributed by atoms with Gasteiger partial charge < -0.3 is 5.32 Å². The summed E-state index contributed by atoms with van der Waals surface area (Å²) in [5.74, 6) is -0.175. The highest BCUT2D eigenvalue weighted by molar-refractivity contribution is 6.36. The Bertz CT molecular complexity index is 1450. The van der Waals surface area contributed by atoms with Crippen LogP contribution in [0.1, 0.15) is 40.9 Å². The quantitative estimate of drug-likeness (QED) is 0.410. The molecule has 0 saturated carbocycles. The lowest BCUT2D eigenvalue weighted by molar-refractivity contribution is 0.0953. The van der Waals surface area contributed by atoms with Gasteiger partial charge >= 0.3 is 0 Å². The van der Waals surface area contributed by atoms with Crippen molar-refractivity contribution >= 4 is 50.9 Å². The van der Waals surface area contributed by atoms with Gasteiger partial charge in [-0.1, -0.05) is 29.3 Å². The minimum atomic E-state index is -0.175. The lowest BCUT2D eigenvalue weighted by Crippen LogP contribution is -2.27. The predicted octanol–water partition coefficient (Wildman–Crippen LogP) is 4.95. The molecule has 5 rings (SSSR count). The molecule has 0 aliphatic heterocycles. The van der Waals surface area contributed by atoms with Crippen LogP contribution in [0.3, 0.4) is 0 Å². The number of fused-ring (bicyclic) bond motifs is 3. The number of hydrogen-bond acceptors (Lipinski definition) is 4. The topological polar surface area (TPSA) is 76.9 Å². The van der Waals surface area contributed by atoms with Gasteiger partial charge in [0.25, 0.3) is 11.5 Å². The molecule has 0 bridgehead atoms. The van der Waals surface area contributed by atoms with Crippen LogP contribution in [0.2, 0.25) is 10.0 Å². The van der Waals surface area contributed by atoms with E-state index in [0.29, 0.717) is 41.0 Å². The molecule has 1 aliphatic rings. The second kappa shape index (κ2) is 9.12. The van der Waals surface area contributed by atoms with E-state index < -0.39 is 0 Å². The first kappa shape index (κ1) is 21.9. The Balaban J connectivity index is 1.25. The van der Waals surface area contributed by atoms with E-state index in [9.17, 15) is 9.59 Å². The average molecular weight is 481 g/mol. The molecule has 0 radical (unpaired) electrons. The summed E-state index contributed by atoms with van der Waals surface area (Å²) < 4.78 is 1.55. The summed E-state index contributed by atoms with van der Waals surface area (Å²) in [5, 5.41) is 5.64. The highest BCUT2D eigenvalue weighted by Gasteiger charge is 2.18. The molecule has 2 aromatic heterocycles. The SMILES string of the molecule is O=C(NCCCn1cnc2cc(Cl)ccc2c1=O)c1ccc2c(Cl)c3c(nc2c1)CCCC3. The van der Waals surface area contributed by atoms with Crippen molar-refractivity contribution in [3.63, 3.8) is 0 Å². The number of carbonyl (C=O) groups excluding carboxylic acids is 1. The number of nitrogens with one attached hydrogen (secondary N) is 1. The van der Waals surface area contributed by atoms with Crippen LogP contribution in [0.4, 0.5) is 0 Å². The fourth-order valence-corrected chi connectivity index (χ4v) is 4.88. The molecule has 1 aliphatic carbocycles. The summed E-state index contributed by atoms with van der Waals surface area (Å²) in [6, 6.07) is 10.5. The molecule has 0 atom stereocenters. The number of hydrogen-bond donors (Lipinski definition) is 1. The molecule has 33 heavy (non-hydrogen) atoms. The Morgan fingerprint density at radius 1 is 1.03 bits per heavy atom. The van der Waals surface area contributed by atoms with Crippen LogP contribution < -0.4 is 10.9 Å². The third kappa shape index (κ3) is 4.33. The van der Waals surface area contributed by atoms with Crippen molar-refractivity contribution in [1.82, 2.24) is 19.9 Å². The van der Waals surface area contributed by atoms with E-state index in [2.05, 4.69) is 10.3 Å². The number of nitrogens with zero attached hydrogens (tertiary/aromatic N) is 3. The molecule has 0 unspecified atom stereocenters. The molecule has 0 fully saturated rings. The van der Waals surface area contributed by atoms with Crippen molar-refractivity contribution in [3.8, 4) is 0 Å². The maximum atomic E-state index is 12.7. The van der Waals surface area contributed by atoms with Crippen LogP contribution in [0.25, 0.3) is 21.8 Å². The molecule has 168 valence electrons. The van der Waals surface area contributed by atoms with E-state index in [4.69, 9.17) is 28.2 Å². The van der Waals surface area contributed by atoms with E-state index >= 15 is 0 Å². The molecule has 8 heteroatoms. The van der Waals surface area contributed by atoms with Crippen LogP contribution in [0, 0.1) is 0 Å². The zero-order valence-electron chi connectivity index (χ0n) is 17.9. The zero-order chi connectivity index (χ0) is 22.9. The number of benzene rings is 2. The molecular formula is C25H22Cl2N4O2. The third-order valence-corrected chi connectivity index (χ3v) is 6.77. The van der Waals surface area contributed by atoms with Crippen molar-refractivity contribution < 1.29 is 4.79 Å². The normalized spacial score (nSPS) is 13.3. The largest absolute Gasteiger partial charge is 0.352 e. The van der Waals surface area contributed by atoms with Gasteiger partial charge in [-0.3, -0.25) is 19.1 Å². The van der Waals surface area contributed by atoms with Gasteiger partial charge in [-0.05, 0) is 68.0 Å². The average Bonchev–Trinajstić information content (AvgIpc) is 2.82. The van der Waals surface area contributed by atoms with Gasteiger partial charge in [0.2, 0.25) is 0 Å². The standard InChI is InChI=1S/C25H22Cl2N4O2/c26-16-7-9-19-21(13-16)29-14-31(25(19)33)11-3-10-28-24(32)15-6-8-18-22(12-15)30-20-5-2-1-4-17(20)23(18)27/h6-9,12-14H,1-5,10-11H2,(H,28,32). The minimum absolute atomic E-state index is 0.121. The summed E-state index contributed by atoms with van der Waals surface area (Å²) >= 11 is 12.6. The van der Waals surface area contributed by atoms with Crippen LogP contribution in [0.15, 0.2) is 47.5 Å². The van der Waals surface area contributed by atoms with Crippen LogP contribution >= 0.6 is 23.2 Å². The fraction of sp³-hybridized carbons (Fsp3) is 0.280. The molecule has 2 heterocycles. The number of aryl methyl sites for hydroxylation is 2. The predicted molar refractivity (Wildman–Crippen MR) is 131 cm³/mol. The van der Waals surface area contributed by atoms with Crippen LogP contribution in [-0.4, -0.2) is 27.0 Å². The molecule has 2 aromatic carbocycles. The van der Waals surface area contributed by atoms with E-state index in [1.165, 1.54) is 6.33 Å². The van der Waals surface area contributed by atoms with E-state index in [0.717, 1.165) is 52.9 Å². The van der Waals surface area contributed by atoms with Crippen molar-refractivity contribution in [2.45, 2.75) is 38.6 Å². The Morgan fingerprint density at radius 3 is 2.73 bits per heavy atom. The van der Waals surface area contributed by atoms with Crippen LogP contribution in [-0.2, 0) is 19.4 Å². The minimum Gasteiger partial charge on any atom is -0.352 e. The van der Waals surface area contributed by atoms with Gasteiger partial charge in [0.05, 0.1) is 27.8 Å². The van der Waals surface area contributed by atoms with Gasteiger partial charge in [0.15, 0.2) is 0 Å². The summed E-state index contributed by atoms with van der Waals surface area (Å²) in [6.07, 6.45) is 6.25. The van der Waals surface area contributed by atoms with E-state index in [1.54, 1.807) is 34.9 Å². The fourth-order valence-electron chi connectivity index (χ4n) is 4.35. The Labute approximate surface area is 200 Å². The zero-order valence-corrected chi connectivity index (χ0v) is 19.4. The van der Waals surface area contributed by atoms with E-state index in [1.807, 2.05) is 6.07 Å².